The molecule has 0 unspecified atom stereocenters. The van der Waals surface area contributed by atoms with Crippen molar-refractivity contribution in [1.82, 2.24) is 5.32 Å². The highest BCUT2D eigenvalue weighted by Crippen LogP contribution is 2.52. The van der Waals surface area contributed by atoms with Crippen LogP contribution in [0, 0.1) is 5.41 Å². The normalized spacial score (nSPS) is 27.7. The number of carbonyl (C=O) groups is 2. The third-order valence-electron chi connectivity index (χ3n) is 5.92. The summed E-state index contributed by atoms with van der Waals surface area (Å²) in [6.07, 6.45) is 6.10. The second-order valence-corrected chi connectivity index (χ2v) is 8.06. The van der Waals surface area contributed by atoms with Crippen molar-refractivity contribution < 1.29 is 23.8 Å². The number of ketones is 1. The molecule has 3 aliphatic rings. The molecular weight excluding hydrogens is 334 g/mol. The van der Waals surface area contributed by atoms with Crippen molar-refractivity contribution in [3.05, 3.63) is 0 Å². The quantitative estimate of drug-likeness (QED) is 0.535. The lowest BCUT2D eigenvalue weighted by Crippen LogP contribution is -2.58. The first-order valence-electron chi connectivity index (χ1n) is 9.97. The summed E-state index contributed by atoms with van der Waals surface area (Å²) < 4.78 is 16.3. The molecule has 150 valence electrons. The Morgan fingerprint density at radius 1 is 0.885 bits per heavy atom. The lowest BCUT2D eigenvalue weighted by Gasteiger charge is -2.52. The van der Waals surface area contributed by atoms with E-state index in [9.17, 15) is 9.59 Å². The summed E-state index contributed by atoms with van der Waals surface area (Å²) in [4.78, 5) is 24.1. The van der Waals surface area contributed by atoms with Crippen LogP contribution in [0.15, 0.2) is 0 Å². The minimum absolute atomic E-state index is 0.0495. The highest BCUT2D eigenvalue weighted by atomic mass is 16.5. The number of carbonyl (C=O) groups excluding carboxylic acids is 2. The minimum Gasteiger partial charge on any atom is -0.379 e. The standard InChI is InChI=1S/C20H35NO5/c1-16(2)26-15-14-25-13-12-24-11-4-18(23)21-20-8-5-19(6-9-20,7-10-20)17(3)22/h16H,4-15H2,1-3H3,(H,21,23). The van der Waals surface area contributed by atoms with Gasteiger partial charge in [-0.2, -0.15) is 0 Å². The summed E-state index contributed by atoms with van der Waals surface area (Å²) in [6, 6.07) is 0. The molecule has 0 atom stereocenters. The molecule has 0 heterocycles. The van der Waals surface area contributed by atoms with E-state index in [0.29, 0.717) is 45.2 Å². The van der Waals surface area contributed by atoms with Crippen LogP contribution in [0.2, 0.25) is 0 Å². The van der Waals surface area contributed by atoms with E-state index < -0.39 is 0 Å². The minimum atomic E-state index is -0.101. The first-order valence-corrected chi connectivity index (χ1v) is 9.97. The van der Waals surface area contributed by atoms with Crippen LogP contribution in [0.4, 0.5) is 0 Å². The number of fused-ring (bicyclic) bond motifs is 3. The van der Waals surface area contributed by atoms with Gasteiger partial charge in [0.1, 0.15) is 5.78 Å². The van der Waals surface area contributed by atoms with Gasteiger partial charge in [-0.15, -0.1) is 0 Å². The highest BCUT2D eigenvalue weighted by Gasteiger charge is 2.51. The maximum atomic E-state index is 12.2. The molecule has 1 amide bonds. The number of nitrogens with one attached hydrogen (secondary N) is 1. The Balaban J connectivity index is 1.53. The number of hydrogen-bond donors (Lipinski definition) is 1. The van der Waals surface area contributed by atoms with Crippen molar-refractivity contribution in [2.75, 3.05) is 33.0 Å². The number of Topliss-reactive ketones (excluding diaryl/α,β-unsaturated/α-hetero) is 1. The van der Waals surface area contributed by atoms with Gasteiger partial charge in [0.2, 0.25) is 5.91 Å². The van der Waals surface area contributed by atoms with E-state index in [4.69, 9.17) is 14.2 Å². The molecular formula is C20H35NO5. The maximum absolute atomic E-state index is 12.2. The Kier molecular flexibility index (Phi) is 8.05. The van der Waals surface area contributed by atoms with Crippen LogP contribution in [-0.4, -0.2) is 56.4 Å². The summed E-state index contributed by atoms with van der Waals surface area (Å²) in [6.45, 7) is 8.27. The summed E-state index contributed by atoms with van der Waals surface area (Å²) in [5.74, 6) is 0.372. The molecule has 3 fully saturated rings. The first-order chi connectivity index (χ1) is 12.4. The number of hydrogen-bond acceptors (Lipinski definition) is 5. The van der Waals surface area contributed by atoms with Crippen molar-refractivity contribution >= 4 is 11.7 Å². The van der Waals surface area contributed by atoms with E-state index in [1.807, 2.05) is 13.8 Å². The van der Waals surface area contributed by atoms with Crippen LogP contribution in [0.25, 0.3) is 0 Å². The van der Waals surface area contributed by atoms with Gasteiger partial charge in [0.25, 0.3) is 0 Å². The fraction of sp³-hybridized carbons (Fsp3) is 0.900. The van der Waals surface area contributed by atoms with Crippen molar-refractivity contribution in [3.63, 3.8) is 0 Å². The Labute approximate surface area is 157 Å². The van der Waals surface area contributed by atoms with Crippen molar-refractivity contribution in [2.24, 2.45) is 5.41 Å². The van der Waals surface area contributed by atoms with Crippen LogP contribution >= 0.6 is 0 Å². The molecule has 3 rings (SSSR count). The molecule has 6 heteroatoms. The van der Waals surface area contributed by atoms with Gasteiger partial charge in [0.15, 0.2) is 0 Å². The van der Waals surface area contributed by atoms with Gasteiger partial charge in [0, 0.05) is 17.4 Å². The monoisotopic (exact) mass is 369 g/mol. The second-order valence-electron chi connectivity index (χ2n) is 8.06. The van der Waals surface area contributed by atoms with Crippen LogP contribution in [0.1, 0.15) is 65.7 Å². The lowest BCUT2D eigenvalue weighted by atomic mass is 9.56. The zero-order valence-corrected chi connectivity index (χ0v) is 16.6. The Morgan fingerprint density at radius 3 is 1.96 bits per heavy atom. The Morgan fingerprint density at radius 2 is 1.42 bits per heavy atom. The van der Waals surface area contributed by atoms with Gasteiger partial charge in [-0.25, -0.2) is 0 Å². The highest BCUT2D eigenvalue weighted by molar-refractivity contribution is 5.83. The molecule has 0 aromatic heterocycles. The van der Waals surface area contributed by atoms with Crippen LogP contribution in [-0.2, 0) is 23.8 Å². The van der Waals surface area contributed by atoms with E-state index in [2.05, 4.69) is 5.32 Å². The number of amides is 1. The fourth-order valence-corrected chi connectivity index (χ4v) is 4.09. The van der Waals surface area contributed by atoms with Crippen LogP contribution in [0.5, 0.6) is 0 Å². The number of ether oxygens (including phenoxy) is 3. The zero-order chi connectivity index (χ0) is 19.0. The van der Waals surface area contributed by atoms with Crippen molar-refractivity contribution in [2.45, 2.75) is 77.4 Å². The Bertz CT molecular complexity index is 452. The largest absolute Gasteiger partial charge is 0.379 e. The Hall–Kier alpha value is -0.980. The molecule has 3 saturated carbocycles. The zero-order valence-electron chi connectivity index (χ0n) is 16.6. The molecule has 3 aliphatic carbocycles. The smallest absolute Gasteiger partial charge is 0.222 e. The molecule has 0 spiro atoms. The van der Waals surface area contributed by atoms with Gasteiger partial charge >= 0.3 is 0 Å². The van der Waals surface area contributed by atoms with E-state index in [-0.39, 0.29) is 23.0 Å². The fourth-order valence-electron chi connectivity index (χ4n) is 4.09. The lowest BCUT2D eigenvalue weighted by molar-refractivity contribution is -0.135. The molecule has 0 saturated heterocycles. The summed E-state index contributed by atoms with van der Waals surface area (Å²) in [7, 11) is 0. The van der Waals surface area contributed by atoms with Crippen LogP contribution in [0.3, 0.4) is 0 Å². The average molecular weight is 370 g/mol. The second kappa shape index (κ2) is 9.81. The van der Waals surface area contributed by atoms with Gasteiger partial charge in [-0.05, 0) is 59.3 Å². The molecule has 26 heavy (non-hydrogen) atoms. The number of rotatable bonds is 12. The van der Waals surface area contributed by atoms with Gasteiger partial charge < -0.3 is 19.5 Å². The molecule has 0 aromatic carbocycles. The van der Waals surface area contributed by atoms with Crippen molar-refractivity contribution in [3.8, 4) is 0 Å². The van der Waals surface area contributed by atoms with E-state index in [1.165, 1.54) is 0 Å². The average Bonchev–Trinajstić information content (AvgIpc) is 2.61. The van der Waals surface area contributed by atoms with E-state index >= 15 is 0 Å². The summed E-state index contributed by atoms with van der Waals surface area (Å²) in [5.41, 5.74) is -0.191. The SMILES string of the molecule is CC(=O)C12CCC(NC(=O)CCOCCOCCOC(C)C)(CC1)CC2. The molecule has 2 bridgehead atoms. The topological polar surface area (TPSA) is 73.9 Å². The predicted molar refractivity (Wildman–Crippen MR) is 99.0 cm³/mol. The van der Waals surface area contributed by atoms with Gasteiger partial charge in [-0.3, -0.25) is 9.59 Å². The van der Waals surface area contributed by atoms with E-state index in [0.717, 1.165) is 38.5 Å². The third kappa shape index (κ3) is 6.03. The molecule has 0 aliphatic heterocycles. The summed E-state index contributed by atoms with van der Waals surface area (Å²) in [5, 5.41) is 3.23. The molecule has 1 N–H and O–H groups in total. The summed E-state index contributed by atoms with van der Waals surface area (Å²) >= 11 is 0. The first kappa shape index (κ1) is 21.3. The van der Waals surface area contributed by atoms with Gasteiger partial charge in [-0.1, -0.05) is 0 Å². The van der Waals surface area contributed by atoms with Crippen molar-refractivity contribution in [1.29, 1.82) is 0 Å². The molecule has 6 nitrogen and oxygen atoms in total. The predicted octanol–water partition coefficient (Wildman–Crippen LogP) is 2.63. The third-order valence-corrected chi connectivity index (χ3v) is 5.92. The maximum Gasteiger partial charge on any atom is 0.222 e. The van der Waals surface area contributed by atoms with Crippen LogP contribution < -0.4 is 5.32 Å². The molecule has 0 aromatic rings. The van der Waals surface area contributed by atoms with E-state index in [1.54, 1.807) is 6.92 Å². The molecule has 0 radical (unpaired) electrons. The van der Waals surface area contributed by atoms with Gasteiger partial charge in [0.05, 0.1) is 39.1 Å².